The van der Waals surface area contributed by atoms with Gasteiger partial charge in [-0.1, -0.05) is 17.7 Å². The largest absolute Gasteiger partial charge is 0.430 e. The fraction of sp³-hybridized carbons (Fsp3) is 0. The first-order valence-corrected chi connectivity index (χ1v) is 6.40. The van der Waals surface area contributed by atoms with Crippen LogP contribution in [0.15, 0.2) is 47.5 Å². The maximum Gasteiger partial charge on any atom is 0.396 e. The van der Waals surface area contributed by atoms with Gasteiger partial charge in [0.15, 0.2) is 10.9 Å². The number of fused-ring (bicyclic) bond motifs is 1. The Bertz CT molecular complexity index is 941. The lowest BCUT2D eigenvalue weighted by Crippen LogP contribution is -2.19. The third-order valence-electron chi connectivity index (χ3n) is 2.79. The summed E-state index contributed by atoms with van der Waals surface area (Å²) >= 11 is 5.85. The number of rotatable bonds is 3. The van der Waals surface area contributed by atoms with Crippen molar-refractivity contribution in [2.45, 2.75) is 0 Å². The van der Waals surface area contributed by atoms with Crippen LogP contribution >= 0.6 is 11.6 Å². The van der Waals surface area contributed by atoms with Crippen LogP contribution in [0, 0.1) is 10.1 Å². The van der Waals surface area contributed by atoms with E-state index in [0.717, 1.165) is 4.40 Å². The van der Waals surface area contributed by atoms with E-state index in [4.69, 9.17) is 16.3 Å². The molecule has 0 aliphatic rings. The minimum atomic E-state index is -0.842. The minimum absolute atomic E-state index is 0.00635. The molecule has 3 rings (SSSR count). The molecule has 0 N–H and O–H groups in total. The molecule has 0 saturated carbocycles. The molecular formula is C13H7ClN4O4. The summed E-state index contributed by atoms with van der Waals surface area (Å²) in [6.45, 7) is 0. The van der Waals surface area contributed by atoms with Gasteiger partial charge in [0, 0.05) is 12.4 Å². The van der Waals surface area contributed by atoms with E-state index < -0.39 is 22.0 Å². The Labute approximate surface area is 127 Å². The van der Waals surface area contributed by atoms with Gasteiger partial charge in [-0.05, 0) is 24.3 Å². The summed E-state index contributed by atoms with van der Waals surface area (Å²) in [5, 5.41) is 11.2. The molecule has 0 spiro atoms. The zero-order valence-corrected chi connectivity index (χ0v) is 11.6. The van der Waals surface area contributed by atoms with E-state index in [9.17, 15) is 14.9 Å². The fourth-order valence-corrected chi connectivity index (χ4v) is 2.00. The maximum atomic E-state index is 12.2. The van der Waals surface area contributed by atoms with Crippen LogP contribution in [0.4, 0.5) is 5.69 Å². The lowest BCUT2D eigenvalue weighted by molar-refractivity contribution is -0.387. The quantitative estimate of drug-likeness (QED) is 0.418. The van der Waals surface area contributed by atoms with Gasteiger partial charge in [0.25, 0.3) is 0 Å². The van der Waals surface area contributed by atoms with Crippen LogP contribution in [0.25, 0.3) is 5.65 Å². The van der Waals surface area contributed by atoms with E-state index in [0.29, 0.717) is 0 Å². The van der Waals surface area contributed by atoms with E-state index in [1.165, 1.54) is 24.5 Å². The third kappa shape index (κ3) is 2.35. The van der Waals surface area contributed by atoms with E-state index in [1.54, 1.807) is 18.2 Å². The van der Waals surface area contributed by atoms with Crippen molar-refractivity contribution in [2.24, 2.45) is 0 Å². The van der Waals surface area contributed by atoms with Gasteiger partial charge in [-0.3, -0.25) is 19.3 Å². The van der Waals surface area contributed by atoms with E-state index >= 15 is 0 Å². The van der Waals surface area contributed by atoms with Gasteiger partial charge in [0.2, 0.25) is 0 Å². The molecule has 0 aliphatic carbocycles. The van der Waals surface area contributed by atoms with Crippen LogP contribution in [-0.2, 0) is 0 Å². The monoisotopic (exact) mass is 318 g/mol. The van der Waals surface area contributed by atoms with E-state index in [2.05, 4.69) is 9.97 Å². The topological polar surface area (TPSA) is 99.6 Å². The molecule has 0 aromatic carbocycles. The van der Waals surface area contributed by atoms with Crippen LogP contribution in [-0.4, -0.2) is 19.3 Å². The standard InChI is InChI=1S/C13H7ClN4O4/c14-11-8(4-3-6-15-11)22-12-10(18(20)21)13(19)17-7-2-1-5-9(17)16-12/h1-7H. The molecule has 0 radical (unpaired) electrons. The minimum Gasteiger partial charge on any atom is -0.430 e. The molecule has 3 heterocycles. The molecule has 3 aromatic rings. The van der Waals surface area contributed by atoms with Gasteiger partial charge in [0.05, 0.1) is 4.92 Å². The number of nitro groups is 1. The lowest BCUT2D eigenvalue weighted by atomic mass is 10.4. The molecule has 3 aromatic heterocycles. The number of ether oxygens (including phenoxy) is 1. The van der Waals surface area contributed by atoms with Crippen LogP contribution < -0.4 is 10.3 Å². The fourth-order valence-electron chi connectivity index (χ4n) is 1.84. The van der Waals surface area contributed by atoms with Gasteiger partial charge in [0.1, 0.15) is 5.65 Å². The molecule has 0 unspecified atom stereocenters. The predicted molar refractivity (Wildman–Crippen MR) is 77.4 cm³/mol. The summed E-state index contributed by atoms with van der Waals surface area (Å²) in [6, 6.07) is 7.75. The average Bonchev–Trinajstić information content (AvgIpc) is 2.49. The summed E-state index contributed by atoms with van der Waals surface area (Å²) in [5.74, 6) is -0.365. The highest BCUT2D eigenvalue weighted by molar-refractivity contribution is 6.30. The van der Waals surface area contributed by atoms with Crippen LogP contribution in [0.1, 0.15) is 0 Å². The van der Waals surface area contributed by atoms with Gasteiger partial charge in [-0.25, -0.2) is 4.98 Å². The molecule has 0 atom stereocenters. The molecule has 0 amide bonds. The SMILES string of the molecule is O=c1c([N+](=O)[O-])c(Oc2cccnc2Cl)nc2ccccn12. The van der Waals surface area contributed by atoms with E-state index in [1.807, 2.05) is 0 Å². The smallest absolute Gasteiger partial charge is 0.396 e. The highest BCUT2D eigenvalue weighted by Crippen LogP contribution is 2.30. The lowest BCUT2D eigenvalue weighted by Gasteiger charge is -2.07. The highest BCUT2D eigenvalue weighted by Gasteiger charge is 2.26. The molecule has 0 saturated heterocycles. The van der Waals surface area contributed by atoms with Gasteiger partial charge >= 0.3 is 17.1 Å². The second kappa shape index (κ2) is 5.41. The summed E-state index contributed by atoms with van der Waals surface area (Å²) in [5.41, 5.74) is -1.40. The first kappa shape index (κ1) is 14.0. The number of nitrogens with zero attached hydrogens (tertiary/aromatic N) is 4. The van der Waals surface area contributed by atoms with Crippen molar-refractivity contribution in [2.75, 3.05) is 0 Å². The van der Waals surface area contributed by atoms with Crippen molar-refractivity contribution in [3.63, 3.8) is 0 Å². The molecule has 9 heteroatoms. The number of pyridine rings is 2. The van der Waals surface area contributed by atoms with Crippen LogP contribution in [0.3, 0.4) is 0 Å². The van der Waals surface area contributed by atoms with Crippen molar-refractivity contribution in [3.05, 3.63) is 68.3 Å². The second-order valence-corrected chi connectivity index (χ2v) is 4.51. The van der Waals surface area contributed by atoms with Crippen LogP contribution in [0.2, 0.25) is 5.15 Å². The Morgan fingerprint density at radius 1 is 1.27 bits per heavy atom. The second-order valence-electron chi connectivity index (χ2n) is 4.15. The Morgan fingerprint density at radius 3 is 2.82 bits per heavy atom. The van der Waals surface area contributed by atoms with Crippen LogP contribution in [0.5, 0.6) is 11.6 Å². The zero-order chi connectivity index (χ0) is 15.7. The summed E-state index contributed by atoms with van der Waals surface area (Å²) in [6.07, 6.45) is 2.82. The normalized spacial score (nSPS) is 10.6. The van der Waals surface area contributed by atoms with Gasteiger partial charge in [-0.15, -0.1) is 0 Å². The predicted octanol–water partition coefficient (Wildman–Crippen LogP) is 2.44. The number of hydrogen-bond acceptors (Lipinski definition) is 6. The number of aromatic nitrogens is 3. The number of halogens is 1. The third-order valence-corrected chi connectivity index (χ3v) is 3.08. The van der Waals surface area contributed by atoms with Crippen molar-refractivity contribution < 1.29 is 9.66 Å². The molecule has 0 aliphatic heterocycles. The Balaban J connectivity index is 2.24. The number of hydrogen-bond donors (Lipinski definition) is 0. The summed E-state index contributed by atoms with van der Waals surface area (Å²) in [7, 11) is 0. The highest BCUT2D eigenvalue weighted by atomic mass is 35.5. The zero-order valence-electron chi connectivity index (χ0n) is 10.8. The molecule has 22 heavy (non-hydrogen) atoms. The first-order chi connectivity index (χ1) is 10.6. The van der Waals surface area contributed by atoms with Crippen molar-refractivity contribution in [1.29, 1.82) is 0 Å². The van der Waals surface area contributed by atoms with Crippen molar-refractivity contribution in [1.82, 2.24) is 14.4 Å². The Morgan fingerprint density at radius 2 is 2.09 bits per heavy atom. The molecule has 0 fully saturated rings. The maximum absolute atomic E-state index is 12.2. The summed E-state index contributed by atoms with van der Waals surface area (Å²) < 4.78 is 6.40. The Kier molecular flexibility index (Phi) is 3.43. The van der Waals surface area contributed by atoms with Gasteiger partial charge in [-0.2, -0.15) is 4.98 Å². The van der Waals surface area contributed by atoms with Gasteiger partial charge < -0.3 is 4.74 Å². The molecule has 110 valence electrons. The summed E-state index contributed by atoms with van der Waals surface area (Å²) in [4.78, 5) is 30.4. The molecule has 0 bridgehead atoms. The van der Waals surface area contributed by atoms with E-state index in [-0.39, 0.29) is 16.5 Å². The molecular weight excluding hydrogens is 312 g/mol. The average molecular weight is 319 g/mol. The molecule has 8 nitrogen and oxygen atoms in total. The first-order valence-electron chi connectivity index (χ1n) is 6.02. The van der Waals surface area contributed by atoms with Crippen molar-refractivity contribution >= 4 is 22.9 Å². The Hall–Kier alpha value is -3.00. The van der Waals surface area contributed by atoms with Crippen molar-refractivity contribution in [3.8, 4) is 11.6 Å².